The maximum absolute atomic E-state index is 13.2. The van der Waals surface area contributed by atoms with Gasteiger partial charge < -0.3 is 10.2 Å². The summed E-state index contributed by atoms with van der Waals surface area (Å²) >= 11 is 0. The Balaban J connectivity index is 2.16. The molecule has 0 unspecified atom stereocenters. The normalized spacial score (nSPS) is 25.2. The summed E-state index contributed by atoms with van der Waals surface area (Å²) in [5.41, 5.74) is -0.480. The van der Waals surface area contributed by atoms with Crippen LogP contribution in [0, 0.1) is 5.92 Å². The second kappa shape index (κ2) is 4.73. The molecule has 2 aliphatic rings. The molecule has 6 heteroatoms. The fraction of sp³-hybridized carbons (Fsp3) is 0.533. The molecule has 0 aliphatic carbocycles. The predicted octanol–water partition coefficient (Wildman–Crippen LogP) is 2.83. The molecule has 1 fully saturated rings. The van der Waals surface area contributed by atoms with Crippen LogP contribution in [0.4, 0.5) is 13.2 Å². The highest BCUT2D eigenvalue weighted by molar-refractivity contribution is 6.01. The van der Waals surface area contributed by atoms with Crippen molar-refractivity contribution in [1.29, 1.82) is 0 Å². The van der Waals surface area contributed by atoms with Gasteiger partial charge in [-0.15, -0.1) is 0 Å². The molecule has 1 N–H and O–H groups in total. The zero-order valence-corrected chi connectivity index (χ0v) is 11.9. The average Bonchev–Trinajstić information content (AvgIpc) is 2.71. The van der Waals surface area contributed by atoms with E-state index in [1.54, 1.807) is 11.0 Å². The Morgan fingerprint density at radius 3 is 2.67 bits per heavy atom. The molecule has 1 aromatic rings. The summed E-state index contributed by atoms with van der Waals surface area (Å²) in [4.78, 5) is 14.0. The van der Waals surface area contributed by atoms with Crippen molar-refractivity contribution in [2.45, 2.75) is 32.1 Å². The maximum atomic E-state index is 13.2. The van der Waals surface area contributed by atoms with Crippen molar-refractivity contribution in [3.05, 3.63) is 34.9 Å². The molecule has 0 bridgehead atoms. The first-order valence-corrected chi connectivity index (χ1v) is 7.07. The van der Waals surface area contributed by atoms with Crippen LogP contribution in [0.1, 0.15) is 41.4 Å². The van der Waals surface area contributed by atoms with E-state index in [0.29, 0.717) is 18.7 Å². The van der Waals surface area contributed by atoms with Gasteiger partial charge in [-0.1, -0.05) is 26.0 Å². The van der Waals surface area contributed by atoms with Gasteiger partial charge in [0, 0.05) is 19.1 Å². The van der Waals surface area contributed by atoms with Crippen LogP contribution in [0.5, 0.6) is 0 Å². The first kappa shape index (κ1) is 14.4. The molecule has 114 valence electrons. The van der Waals surface area contributed by atoms with Crippen LogP contribution < -0.4 is 5.32 Å². The number of nitrogens with zero attached hydrogens (tertiary/aromatic N) is 1. The number of nitrogens with one attached hydrogen (secondary N) is 1. The van der Waals surface area contributed by atoms with E-state index in [2.05, 4.69) is 5.32 Å². The molecular weight excluding hydrogens is 281 g/mol. The monoisotopic (exact) mass is 298 g/mol. The highest BCUT2D eigenvalue weighted by atomic mass is 19.4. The van der Waals surface area contributed by atoms with Gasteiger partial charge in [0.2, 0.25) is 0 Å². The number of alkyl halides is 3. The SMILES string of the molecule is CC(C)[C@H]1NCCN2C(=O)c3c(cccc3C(F)(F)F)[C@@H]12. The molecule has 0 spiro atoms. The summed E-state index contributed by atoms with van der Waals surface area (Å²) in [6, 6.07) is 3.71. The number of benzene rings is 1. The van der Waals surface area contributed by atoms with E-state index in [9.17, 15) is 18.0 Å². The predicted molar refractivity (Wildman–Crippen MR) is 71.9 cm³/mol. The minimum absolute atomic E-state index is 0.0209. The van der Waals surface area contributed by atoms with Gasteiger partial charge in [0.1, 0.15) is 0 Å². The molecule has 0 aromatic heterocycles. The Hall–Kier alpha value is -1.56. The zero-order valence-electron chi connectivity index (χ0n) is 11.9. The summed E-state index contributed by atoms with van der Waals surface area (Å²) in [6.07, 6.45) is -4.50. The highest BCUT2D eigenvalue weighted by Crippen LogP contribution is 2.44. The summed E-state index contributed by atoms with van der Waals surface area (Å²) < 4.78 is 39.5. The number of rotatable bonds is 1. The van der Waals surface area contributed by atoms with Gasteiger partial charge in [-0.05, 0) is 17.5 Å². The number of fused-ring (bicyclic) bond motifs is 3. The molecule has 2 atom stereocenters. The molecule has 1 saturated heterocycles. The average molecular weight is 298 g/mol. The largest absolute Gasteiger partial charge is 0.417 e. The molecule has 3 nitrogen and oxygen atoms in total. The van der Waals surface area contributed by atoms with Crippen LogP contribution in [0.15, 0.2) is 18.2 Å². The van der Waals surface area contributed by atoms with Crippen LogP contribution in [0.2, 0.25) is 0 Å². The minimum Gasteiger partial charge on any atom is -0.329 e. The quantitative estimate of drug-likeness (QED) is 0.864. The number of carbonyl (C=O) groups is 1. The molecule has 0 saturated carbocycles. The van der Waals surface area contributed by atoms with Crippen molar-refractivity contribution in [2.75, 3.05) is 13.1 Å². The molecular formula is C15H17F3N2O. The van der Waals surface area contributed by atoms with Gasteiger partial charge in [0.25, 0.3) is 5.91 Å². The van der Waals surface area contributed by atoms with Gasteiger partial charge >= 0.3 is 6.18 Å². The lowest BCUT2D eigenvalue weighted by Gasteiger charge is -2.40. The third kappa shape index (κ3) is 2.12. The lowest BCUT2D eigenvalue weighted by atomic mass is 9.88. The second-order valence-electron chi connectivity index (χ2n) is 5.93. The van der Waals surface area contributed by atoms with Gasteiger partial charge in [-0.2, -0.15) is 13.2 Å². The molecule has 2 aliphatic heterocycles. The number of hydrogen-bond donors (Lipinski definition) is 1. The Kier molecular flexibility index (Phi) is 3.24. The van der Waals surface area contributed by atoms with Crippen LogP contribution in [0.3, 0.4) is 0 Å². The highest BCUT2D eigenvalue weighted by Gasteiger charge is 2.48. The van der Waals surface area contributed by atoms with Crippen LogP contribution in [-0.2, 0) is 6.18 Å². The summed E-state index contributed by atoms with van der Waals surface area (Å²) in [5.74, 6) is -0.263. The lowest BCUT2D eigenvalue weighted by molar-refractivity contribution is -0.137. The molecule has 3 rings (SSSR count). The van der Waals surface area contributed by atoms with E-state index in [1.807, 2.05) is 13.8 Å². The van der Waals surface area contributed by atoms with E-state index in [0.717, 1.165) is 6.07 Å². The number of carbonyl (C=O) groups excluding carboxylic acids is 1. The van der Waals surface area contributed by atoms with Crippen LogP contribution in [-0.4, -0.2) is 29.9 Å². The van der Waals surface area contributed by atoms with Gasteiger partial charge in [-0.3, -0.25) is 4.79 Å². The topological polar surface area (TPSA) is 32.3 Å². The summed E-state index contributed by atoms with van der Waals surface area (Å²) in [7, 11) is 0. The first-order valence-electron chi connectivity index (χ1n) is 7.07. The van der Waals surface area contributed by atoms with Gasteiger partial charge in [0.15, 0.2) is 0 Å². The first-order chi connectivity index (χ1) is 9.82. The van der Waals surface area contributed by atoms with E-state index >= 15 is 0 Å². The van der Waals surface area contributed by atoms with E-state index in [1.165, 1.54) is 6.07 Å². The lowest BCUT2D eigenvalue weighted by Crippen LogP contribution is -2.53. The number of amides is 1. The van der Waals surface area contributed by atoms with E-state index < -0.39 is 17.6 Å². The van der Waals surface area contributed by atoms with E-state index in [-0.39, 0.29) is 23.6 Å². The molecule has 1 amide bonds. The van der Waals surface area contributed by atoms with E-state index in [4.69, 9.17) is 0 Å². The van der Waals surface area contributed by atoms with Crippen LogP contribution >= 0.6 is 0 Å². The van der Waals surface area contributed by atoms with Crippen molar-refractivity contribution in [1.82, 2.24) is 10.2 Å². The molecule has 2 heterocycles. The van der Waals surface area contributed by atoms with Crippen molar-refractivity contribution in [3.63, 3.8) is 0 Å². The summed E-state index contributed by atoms with van der Waals surface area (Å²) in [6.45, 7) is 5.08. The van der Waals surface area contributed by atoms with Crippen LogP contribution in [0.25, 0.3) is 0 Å². The van der Waals surface area contributed by atoms with Crippen molar-refractivity contribution in [3.8, 4) is 0 Å². The van der Waals surface area contributed by atoms with Crippen molar-refractivity contribution < 1.29 is 18.0 Å². The Morgan fingerprint density at radius 2 is 2.05 bits per heavy atom. The fourth-order valence-corrected chi connectivity index (χ4v) is 3.42. The summed E-state index contributed by atoms with van der Waals surface area (Å²) in [5, 5.41) is 3.33. The number of piperazine rings is 1. The standard InChI is InChI=1S/C15H17F3N2O/c1-8(2)12-13-9-4-3-5-10(15(16,17)18)11(9)14(21)20(13)7-6-19-12/h3-5,8,12-13,19H,6-7H2,1-2H3/t12-,13+/m1/s1. The minimum atomic E-state index is -4.50. The third-order valence-electron chi connectivity index (χ3n) is 4.32. The van der Waals surface area contributed by atoms with Crippen molar-refractivity contribution >= 4 is 5.91 Å². The van der Waals surface area contributed by atoms with Gasteiger partial charge in [-0.25, -0.2) is 0 Å². The molecule has 0 radical (unpaired) electrons. The number of halogens is 3. The fourth-order valence-electron chi connectivity index (χ4n) is 3.42. The van der Waals surface area contributed by atoms with Crippen molar-refractivity contribution in [2.24, 2.45) is 5.92 Å². The Morgan fingerprint density at radius 1 is 1.33 bits per heavy atom. The van der Waals surface area contributed by atoms with Gasteiger partial charge in [0.05, 0.1) is 17.2 Å². The molecule has 21 heavy (non-hydrogen) atoms. The zero-order chi connectivity index (χ0) is 15.4. The smallest absolute Gasteiger partial charge is 0.329 e. The molecule has 1 aromatic carbocycles. The Labute approximate surface area is 121 Å². The number of hydrogen-bond acceptors (Lipinski definition) is 2. The third-order valence-corrected chi connectivity index (χ3v) is 4.32. The maximum Gasteiger partial charge on any atom is 0.417 e. The second-order valence-corrected chi connectivity index (χ2v) is 5.93. The Bertz CT molecular complexity index is 583.